The Hall–Kier alpha value is -3.07. The van der Waals surface area contributed by atoms with Crippen molar-refractivity contribution in [1.82, 2.24) is 10.4 Å². The molecule has 9 heteroatoms. The predicted octanol–water partition coefficient (Wildman–Crippen LogP) is 5.78. The fourth-order valence-corrected chi connectivity index (χ4v) is 4.86. The lowest BCUT2D eigenvalue weighted by molar-refractivity contribution is -0.118. The molecular weight excluding hydrogens is 478 g/mol. The van der Waals surface area contributed by atoms with E-state index in [9.17, 15) is 4.79 Å². The Kier molecular flexibility index (Phi) is 7.83. The first-order valence-electron chi connectivity index (χ1n) is 9.96. The van der Waals surface area contributed by atoms with Crippen molar-refractivity contribution < 1.29 is 14.3 Å². The number of rotatable bonds is 9. The number of nitrogens with zero attached hydrogens (tertiary/aromatic N) is 2. The van der Waals surface area contributed by atoms with Gasteiger partial charge in [0.15, 0.2) is 15.8 Å². The second-order valence-corrected chi connectivity index (χ2v) is 9.54. The smallest absolute Gasteiger partial charge is 0.250 e. The third kappa shape index (κ3) is 6.47. The number of methoxy groups -OCH3 is 1. The van der Waals surface area contributed by atoms with Gasteiger partial charge in [0, 0.05) is 5.02 Å². The number of nitrogens with one attached hydrogen (secondary N) is 1. The zero-order chi connectivity index (χ0) is 23.0. The number of aromatic nitrogens is 1. The van der Waals surface area contributed by atoms with Gasteiger partial charge < -0.3 is 9.47 Å². The Labute approximate surface area is 204 Å². The van der Waals surface area contributed by atoms with Gasteiger partial charge in [-0.3, -0.25) is 4.79 Å². The van der Waals surface area contributed by atoms with Crippen molar-refractivity contribution in [1.29, 1.82) is 0 Å². The highest BCUT2D eigenvalue weighted by Crippen LogP contribution is 2.30. The van der Waals surface area contributed by atoms with Crippen LogP contribution < -0.4 is 14.9 Å². The van der Waals surface area contributed by atoms with Crippen molar-refractivity contribution in [3.63, 3.8) is 0 Å². The van der Waals surface area contributed by atoms with Crippen LogP contribution in [-0.2, 0) is 11.4 Å². The molecule has 0 fully saturated rings. The molecule has 4 aromatic rings. The summed E-state index contributed by atoms with van der Waals surface area (Å²) in [5, 5.41) is 4.72. The Bertz CT molecular complexity index is 1240. The van der Waals surface area contributed by atoms with Crippen LogP contribution >= 0.6 is 34.7 Å². The molecule has 168 valence electrons. The highest BCUT2D eigenvalue weighted by Gasteiger charge is 2.08. The predicted molar refractivity (Wildman–Crippen MR) is 135 cm³/mol. The van der Waals surface area contributed by atoms with Crippen molar-refractivity contribution >= 4 is 57.0 Å². The van der Waals surface area contributed by atoms with Crippen molar-refractivity contribution in [3.8, 4) is 11.5 Å². The van der Waals surface area contributed by atoms with E-state index in [0.717, 1.165) is 25.7 Å². The molecule has 0 aliphatic heterocycles. The molecule has 0 unspecified atom stereocenters. The summed E-state index contributed by atoms with van der Waals surface area (Å²) in [5.41, 5.74) is 5.25. The number of hydrogen-bond donors (Lipinski definition) is 1. The van der Waals surface area contributed by atoms with Gasteiger partial charge in [-0.05, 0) is 53.6 Å². The maximum absolute atomic E-state index is 12.1. The molecule has 1 amide bonds. The zero-order valence-corrected chi connectivity index (χ0v) is 20.0. The van der Waals surface area contributed by atoms with Crippen LogP contribution in [-0.4, -0.2) is 30.0 Å². The van der Waals surface area contributed by atoms with Crippen LogP contribution in [0.3, 0.4) is 0 Å². The fraction of sp³-hybridized carbons (Fsp3) is 0.125. The van der Waals surface area contributed by atoms with Gasteiger partial charge in [-0.25, -0.2) is 10.4 Å². The van der Waals surface area contributed by atoms with Crippen molar-refractivity contribution in [3.05, 3.63) is 82.9 Å². The number of hydrazone groups is 1. The maximum Gasteiger partial charge on any atom is 0.250 e. The third-order valence-electron chi connectivity index (χ3n) is 4.50. The summed E-state index contributed by atoms with van der Waals surface area (Å²) in [4.78, 5) is 16.6. The molecule has 0 saturated heterocycles. The molecule has 0 aliphatic carbocycles. The Morgan fingerprint density at radius 3 is 2.76 bits per heavy atom. The van der Waals surface area contributed by atoms with Crippen molar-refractivity contribution in [2.75, 3.05) is 12.9 Å². The first-order chi connectivity index (χ1) is 16.1. The van der Waals surface area contributed by atoms with Crippen molar-refractivity contribution in [2.45, 2.75) is 10.9 Å². The summed E-state index contributed by atoms with van der Waals surface area (Å²) in [6.45, 7) is 0.392. The highest BCUT2D eigenvalue weighted by molar-refractivity contribution is 8.01. The molecule has 6 nitrogen and oxygen atoms in total. The van der Waals surface area contributed by atoms with Gasteiger partial charge in [-0.15, -0.1) is 11.3 Å². The molecule has 1 aromatic heterocycles. The second kappa shape index (κ2) is 11.2. The number of amides is 1. The van der Waals surface area contributed by atoms with Crippen LogP contribution in [0.5, 0.6) is 11.5 Å². The van der Waals surface area contributed by atoms with Crippen LogP contribution in [0.2, 0.25) is 5.02 Å². The standard InChI is InChI=1S/C24H20ClN3O3S2/c1-30-21-12-17(8-11-20(21)31-14-16-6-9-18(25)10-7-16)13-26-28-23(29)15-32-24-27-19-4-2-3-5-22(19)33-24/h2-13H,14-15H2,1H3,(H,28,29)/b26-13-. The minimum Gasteiger partial charge on any atom is -0.493 e. The average Bonchev–Trinajstić information content (AvgIpc) is 3.26. The largest absolute Gasteiger partial charge is 0.493 e. The van der Waals surface area contributed by atoms with E-state index in [0.29, 0.717) is 23.1 Å². The van der Waals surface area contributed by atoms with E-state index < -0.39 is 0 Å². The molecule has 0 radical (unpaired) electrons. The number of benzene rings is 3. The lowest BCUT2D eigenvalue weighted by Crippen LogP contribution is -2.19. The maximum atomic E-state index is 12.1. The SMILES string of the molecule is COc1cc(/C=N\NC(=O)CSc2nc3ccccc3s2)ccc1OCc1ccc(Cl)cc1. The van der Waals surface area contributed by atoms with Gasteiger partial charge in [0.05, 0.1) is 29.3 Å². The molecule has 33 heavy (non-hydrogen) atoms. The number of fused-ring (bicyclic) bond motifs is 1. The zero-order valence-electron chi connectivity index (χ0n) is 17.7. The Morgan fingerprint density at radius 2 is 1.97 bits per heavy atom. The number of ether oxygens (including phenoxy) is 2. The van der Waals surface area contributed by atoms with Gasteiger partial charge in [-0.1, -0.05) is 47.6 Å². The number of carbonyl (C=O) groups excluding carboxylic acids is 1. The van der Waals surface area contributed by atoms with E-state index in [2.05, 4.69) is 15.5 Å². The first-order valence-corrected chi connectivity index (χ1v) is 12.1. The van der Waals surface area contributed by atoms with Gasteiger partial charge in [0.2, 0.25) is 0 Å². The average molecular weight is 498 g/mol. The number of para-hydroxylation sites is 1. The summed E-state index contributed by atoms with van der Waals surface area (Å²) in [7, 11) is 1.58. The Balaban J connectivity index is 1.28. The molecule has 3 aromatic carbocycles. The molecule has 1 heterocycles. The normalized spacial score (nSPS) is 11.1. The highest BCUT2D eigenvalue weighted by atomic mass is 35.5. The fourth-order valence-electron chi connectivity index (χ4n) is 2.88. The van der Waals surface area contributed by atoms with Gasteiger partial charge in [-0.2, -0.15) is 5.10 Å². The molecular formula is C24H20ClN3O3S2. The summed E-state index contributed by atoms with van der Waals surface area (Å²) >= 11 is 8.87. The number of thiazole rings is 1. The molecule has 0 aliphatic rings. The number of thioether (sulfide) groups is 1. The summed E-state index contributed by atoms with van der Waals surface area (Å²) in [5.74, 6) is 1.22. The van der Waals surface area contributed by atoms with Crippen LogP contribution in [0, 0.1) is 0 Å². The monoisotopic (exact) mass is 497 g/mol. The van der Waals surface area contributed by atoms with Crippen LogP contribution in [0.15, 0.2) is 76.2 Å². The van der Waals surface area contributed by atoms with E-state index in [4.69, 9.17) is 21.1 Å². The van der Waals surface area contributed by atoms with Gasteiger partial charge >= 0.3 is 0 Å². The first kappa shape index (κ1) is 23.1. The van der Waals surface area contributed by atoms with Crippen LogP contribution in [0.4, 0.5) is 0 Å². The molecule has 0 bridgehead atoms. The third-order valence-corrected chi connectivity index (χ3v) is 6.93. The molecule has 0 spiro atoms. The number of carbonyl (C=O) groups is 1. The Morgan fingerprint density at radius 1 is 1.15 bits per heavy atom. The van der Waals surface area contributed by atoms with Crippen LogP contribution in [0.25, 0.3) is 10.2 Å². The lowest BCUT2D eigenvalue weighted by atomic mass is 10.2. The quantitative estimate of drug-likeness (QED) is 0.180. The topological polar surface area (TPSA) is 72.8 Å². The van der Waals surface area contributed by atoms with Crippen molar-refractivity contribution in [2.24, 2.45) is 5.10 Å². The second-order valence-electron chi connectivity index (χ2n) is 6.85. The minimum absolute atomic E-state index is 0.203. The van der Waals surface area contributed by atoms with E-state index in [1.807, 2.05) is 54.6 Å². The molecule has 0 atom stereocenters. The molecule has 1 N–H and O–H groups in total. The minimum atomic E-state index is -0.203. The van der Waals surface area contributed by atoms with E-state index in [-0.39, 0.29) is 11.7 Å². The van der Waals surface area contributed by atoms with Gasteiger partial charge in [0.1, 0.15) is 6.61 Å². The summed E-state index contributed by atoms with van der Waals surface area (Å²) in [6.07, 6.45) is 1.56. The lowest BCUT2D eigenvalue weighted by Gasteiger charge is -2.11. The number of hydrogen-bond acceptors (Lipinski definition) is 7. The molecule has 4 rings (SSSR count). The van der Waals surface area contributed by atoms with Crippen LogP contribution in [0.1, 0.15) is 11.1 Å². The van der Waals surface area contributed by atoms with E-state index >= 15 is 0 Å². The van der Waals surface area contributed by atoms with E-state index in [1.165, 1.54) is 11.8 Å². The van der Waals surface area contributed by atoms with E-state index in [1.54, 1.807) is 36.8 Å². The molecule has 0 saturated carbocycles. The summed E-state index contributed by atoms with van der Waals surface area (Å²) in [6, 6.07) is 20.8. The number of halogens is 1. The van der Waals surface area contributed by atoms with Gasteiger partial charge in [0.25, 0.3) is 5.91 Å². The summed E-state index contributed by atoms with van der Waals surface area (Å²) < 4.78 is 13.2.